The van der Waals surface area contributed by atoms with Crippen molar-refractivity contribution in [2.75, 3.05) is 0 Å². The highest BCUT2D eigenvalue weighted by Gasteiger charge is 2.58. The second kappa shape index (κ2) is 8.16. The van der Waals surface area contributed by atoms with Crippen LogP contribution in [-0.2, 0) is 9.59 Å². The minimum atomic E-state index is -0.133. The van der Waals surface area contributed by atoms with E-state index in [4.69, 9.17) is 0 Å². The molecule has 0 aliphatic heterocycles. The molecule has 0 bridgehead atoms. The Hall–Kier alpha value is -1.44. The number of rotatable bonds is 5. The molecule has 170 valence electrons. The van der Waals surface area contributed by atoms with Crippen LogP contribution in [0.2, 0.25) is 0 Å². The molecule has 0 amide bonds. The van der Waals surface area contributed by atoms with Crippen molar-refractivity contribution in [1.29, 1.82) is 0 Å². The Balaban J connectivity index is 1.61. The molecule has 31 heavy (non-hydrogen) atoms. The van der Waals surface area contributed by atoms with Crippen LogP contribution in [-0.4, -0.2) is 11.6 Å². The summed E-state index contributed by atoms with van der Waals surface area (Å²) in [5.41, 5.74) is 2.38. The summed E-state index contributed by atoms with van der Waals surface area (Å²) in [6.07, 6.45) is 16.2. The lowest BCUT2D eigenvalue weighted by molar-refractivity contribution is -0.119. The van der Waals surface area contributed by atoms with Gasteiger partial charge in [-0.2, -0.15) is 0 Å². The molecular formula is C29H42O2. The summed E-state index contributed by atoms with van der Waals surface area (Å²) < 4.78 is 0. The lowest BCUT2D eigenvalue weighted by Gasteiger charge is -2.54. The average molecular weight is 423 g/mol. The standard InChI is InChI=1S/C29H42O2/c1-7-20(18(2)3)9-8-19(4)23-10-11-24-22-17-27(31)26-16-21(30)12-14-29(26,6)25(22)13-15-28(23,24)5/h8-9,16-20,23-25H,7,10-15H2,1-6H3/t19-,20-,23-,24-,25-,28-,29-/m1/s1. The molecule has 0 aromatic rings. The maximum Gasteiger partial charge on any atom is 0.182 e. The van der Waals surface area contributed by atoms with Crippen LogP contribution in [0.25, 0.3) is 0 Å². The average Bonchev–Trinajstić information content (AvgIpc) is 3.07. The van der Waals surface area contributed by atoms with Gasteiger partial charge >= 0.3 is 0 Å². The zero-order chi connectivity index (χ0) is 22.6. The molecule has 0 unspecified atom stereocenters. The highest BCUT2D eigenvalue weighted by Crippen LogP contribution is 2.65. The lowest BCUT2D eigenvalue weighted by Crippen LogP contribution is -2.48. The summed E-state index contributed by atoms with van der Waals surface area (Å²) in [6.45, 7) is 14.1. The summed E-state index contributed by atoms with van der Waals surface area (Å²) in [4.78, 5) is 25.1. The maximum atomic E-state index is 13.1. The third-order valence-electron chi connectivity index (χ3n) is 9.95. The number of carbonyl (C=O) groups excluding carboxylic acids is 2. The number of allylic oxidation sites excluding steroid dienone is 6. The van der Waals surface area contributed by atoms with Crippen LogP contribution in [0, 0.1) is 46.3 Å². The Labute approximate surface area is 189 Å². The molecule has 7 atom stereocenters. The van der Waals surface area contributed by atoms with Gasteiger partial charge in [-0.1, -0.05) is 59.3 Å². The van der Waals surface area contributed by atoms with Gasteiger partial charge in [-0.25, -0.2) is 0 Å². The summed E-state index contributed by atoms with van der Waals surface area (Å²) in [6, 6.07) is 0. The van der Waals surface area contributed by atoms with E-state index in [0.717, 1.165) is 18.4 Å². The Morgan fingerprint density at radius 2 is 1.74 bits per heavy atom. The van der Waals surface area contributed by atoms with Crippen molar-refractivity contribution in [3.8, 4) is 0 Å². The van der Waals surface area contributed by atoms with Gasteiger partial charge in [0.25, 0.3) is 0 Å². The second-order valence-corrected chi connectivity index (χ2v) is 11.8. The van der Waals surface area contributed by atoms with E-state index >= 15 is 0 Å². The van der Waals surface area contributed by atoms with E-state index in [1.54, 1.807) is 6.08 Å². The van der Waals surface area contributed by atoms with Gasteiger partial charge in [-0.05, 0) is 91.6 Å². The summed E-state index contributed by atoms with van der Waals surface area (Å²) in [5, 5.41) is 0. The van der Waals surface area contributed by atoms with Crippen molar-refractivity contribution in [1.82, 2.24) is 0 Å². The number of fused-ring (bicyclic) bond motifs is 5. The van der Waals surface area contributed by atoms with E-state index in [1.807, 2.05) is 6.08 Å². The Morgan fingerprint density at radius 1 is 1.00 bits per heavy atom. The first-order chi connectivity index (χ1) is 14.6. The SMILES string of the molecule is CC[C@H](C=C[C@@H](C)[C@H]1CC[C@@H]2C3=CC(=O)C4=CC(=O)CC[C@]4(C)[C@@H]3CC[C@@]21C)C(C)C. The fraction of sp³-hybridized carbons (Fsp3) is 0.724. The molecule has 0 heterocycles. The summed E-state index contributed by atoms with van der Waals surface area (Å²) >= 11 is 0. The van der Waals surface area contributed by atoms with Crippen LogP contribution in [0.1, 0.15) is 86.5 Å². The fourth-order valence-electron chi connectivity index (χ4n) is 7.93. The van der Waals surface area contributed by atoms with Gasteiger partial charge in [-0.15, -0.1) is 0 Å². The third kappa shape index (κ3) is 3.62. The minimum absolute atomic E-state index is 0.116. The molecule has 4 rings (SSSR count). The van der Waals surface area contributed by atoms with E-state index in [2.05, 4.69) is 53.7 Å². The zero-order valence-electron chi connectivity index (χ0n) is 20.5. The van der Waals surface area contributed by atoms with Crippen LogP contribution in [0.5, 0.6) is 0 Å². The van der Waals surface area contributed by atoms with E-state index in [1.165, 1.54) is 31.3 Å². The molecule has 0 saturated heterocycles. The van der Waals surface area contributed by atoms with Crippen molar-refractivity contribution in [3.63, 3.8) is 0 Å². The molecule has 2 saturated carbocycles. The van der Waals surface area contributed by atoms with Gasteiger partial charge in [0.1, 0.15) is 0 Å². The molecule has 0 aromatic carbocycles. The molecular weight excluding hydrogens is 380 g/mol. The number of hydrogen-bond donors (Lipinski definition) is 0. The van der Waals surface area contributed by atoms with Gasteiger partial charge in [0.2, 0.25) is 0 Å². The molecule has 0 N–H and O–H groups in total. The monoisotopic (exact) mass is 422 g/mol. The van der Waals surface area contributed by atoms with Crippen LogP contribution in [0.3, 0.4) is 0 Å². The predicted molar refractivity (Wildman–Crippen MR) is 127 cm³/mol. The quantitative estimate of drug-likeness (QED) is 0.442. The molecule has 2 nitrogen and oxygen atoms in total. The van der Waals surface area contributed by atoms with Crippen molar-refractivity contribution in [3.05, 3.63) is 35.5 Å². The first-order valence-corrected chi connectivity index (χ1v) is 12.8. The van der Waals surface area contributed by atoms with Crippen LogP contribution >= 0.6 is 0 Å². The van der Waals surface area contributed by atoms with Gasteiger partial charge in [0.15, 0.2) is 11.6 Å². The first-order valence-electron chi connectivity index (χ1n) is 12.8. The van der Waals surface area contributed by atoms with Crippen LogP contribution in [0.4, 0.5) is 0 Å². The molecule has 2 heteroatoms. The van der Waals surface area contributed by atoms with Gasteiger partial charge in [-0.3, -0.25) is 9.59 Å². The molecule has 0 radical (unpaired) electrons. The number of carbonyl (C=O) groups is 2. The van der Waals surface area contributed by atoms with Crippen molar-refractivity contribution in [2.24, 2.45) is 46.3 Å². The molecule has 4 aliphatic carbocycles. The Morgan fingerprint density at radius 3 is 2.42 bits per heavy atom. The van der Waals surface area contributed by atoms with Crippen molar-refractivity contribution < 1.29 is 9.59 Å². The predicted octanol–water partition coefficient (Wildman–Crippen LogP) is 7.11. The largest absolute Gasteiger partial charge is 0.295 e. The fourth-order valence-corrected chi connectivity index (χ4v) is 7.93. The number of hydrogen-bond acceptors (Lipinski definition) is 2. The normalized spacial score (nSPS) is 39.6. The number of ketones is 2. The van der Waals surface area contributed by atoms with E-state index in [-0.39, 0.29) is 22.4 Å². The first kappa shape index (κ1) is 22.7. The highest BCUT2D eigenvalue weighted by molar-refractivity contribution is 6.11. The highest BCUT2D eigenvalue weighted by atomic mass is 16.1. The van der Waals surface area contributed by atoms with E-state index in [0.29, 0.717) is 41.9 Å². The summed E-state index contributed by atoms with van der Waals surface area (Å²) in [5.74, 6) is 3.85. The van der Waals surface area contributed by atoms with Crippen molar-refractivity contribution >= 4 is 11.6 Å². The molecule has 2 fully saturated rings. The molecule has 0 aromatic heterocycles. The smallest absolute Gasteiger partial charge is 0.182 e. The lowest BCUT2D eigenvalue weighted by atomic mass is 9.49. The molecule has 0 spiro atoms. The van der Waals surface area contributed by atoms with Crippen LogP contribution < -0.4 is 0 Å². The van der Waals surface area contributed by atoms with Gasteiger partial charge < -0.3 is 0 Å². The Kier molecular flexibility index (Phi) is 5.99. The Bertz CT molecular complexity index is 843. The second-order valence-electron chi connectivity index (χ2n) is 11.8. The van der Waals surface area contributed by atoms with Crippen LogP contribution in [0.15, 0.2) is 35.5 Å². The van der Waals surface area contributed by atoms with E-state index in [9.17, 15) is 9.59 Å². The van der Waals surface area contributed by atoms with Gasteiger partial charge in [0.05, 0.1) is 0 Å². The minimum Gasteiger partial charge on any atom is -0.295 e. The van der Waals surface area contributed by atoms with Gasteiger partial charge in [0, 0.05) is 17.4 Å². The topological polar surface area (TPSA) is 34.1 Å². The van der Waals surface area contributed by atoms with E-state index < -0.39 is 0 Å². The van der Waals surface area contributed by atoms with Crippen molar-refractivity contribution in [2.45, 2.75) is 86.5 Å². The summed E-state index contributed by atoms with van der Waals surface area (Å²) in [7, 11) is 0. The zero-order valence-corrected chi connectivity index (χ0v) is 20.5. The third-order valence-corrected chi connectivity index (χ3v) is 9.95. The molecule has 4 aliphatic rings. The maximum absolute atomic E-state index is 13.1.